The minimum absolute atomic E-state index is 0.0806. The molecule has 0 aliphatic heterocycles. The molecule has 0 aromatic carbocycles. The van der Waals surface area contributed by atoms with Gasteiger partial charge in [-0.15, -0.1) is 11.6 Å². The lowest BCUT2D eigenvalue weighted by Crippen LogP contribution is -2.23. The van der Waals surface area contributed by atoms with E-state index in [1.165, 1.54) is 0 Å². The molecule has 1 rings (SSSR count). The highest BCUT2D eigenvalue weighted by molar-refractivity contribution is 6.17. The highest BCUT2D eigenvalue weighted by Crippen LogP contribution is 1.95. The number of hydrogen-bond donors (Lipinski definition) is 0. The monoisotopic (exact) mass is 202 g/mol. The average molecular weight is 203 g/mol. The second kappa shape index (κ2) is 5.12. The third kappa shape index (κ3) is 2.62. The fourth-order valence-electron chi connectivity index (χ4n) is 1.24. The van der Waals surface area contributed by atoms with Gasteiger partial charge in [-0.1, -0.05) is 0 Å². The Balaban J connectivity index is 2.57. The van der Waals surface area contributed by atoms with Gasteiger partial charge in [0, 0.05) is 31.4 Å². The van der Waals surface area contributed by atoms with Crippen LogP contribution in [0.1, 0.15) is 19.8 Å². The van der Waals surface area contributed by atoms with Gasteiger partial charge in [0.2, 0.25) is 0 Å². The Bertz CT molecular complexity index is 303. The zero-order valence-corrected chi connectivity index (χ0v) is 8.63. The summed E-state index contributed by atoms with van der Waals surface area (Å²) in [6.45, 7) is 3.48. The van der Waals surface area contributed by atoms with E-state index in [2.05, 4.69) is 0 Å². The summed E-state index contributed by atoms with van der Waals surface area (Å²) in [5, 5.41) is 0. The van der Waals surface area contributed by atoms with Crippen molar-refractivity contribution in [2.45, 2.75) is 32.9 Å². The molecular weight excluding hydrogens is 188 g/mol. The number of nitrogens with zero attached hydrogens (tertiary/aromatic N) is 2. The fourth-order valence-corrected chi connectivity index (χ4v) is 1.43. The van der Waals surface area contributed by atoms with Gasteiger partial charge in [-0.05, 0) is 19.8 Å². The Hall–Kier alpha value is -0.700. The summed E-state index contributed by atoms with van der Waals surface area (Å²) in [5.74, 6) is 0.670. The largest absolute Gasteiger partial charge is 0.328 e. The molecule has 0 saturated carbocycles. The minimum Gasteiger partial charge on any atom is -0.300 e. The zero-order valence-electron chi connectivity index (χ0n) is 7.87. The number of aromatic nitrogens is 2. The normalized spacial score (nSPS) is 10.6. The summed E-state index contributed by atoms with van der Waals surface area (Å²) in [4.78, 5) is 11.5. The second-order valence-electron chi connectivity index (χ2n) is 2.96. The van der Waals surface area contributed by atoms with Crippen LogP contribution in [0.15, 0.2) is 17.2 Å². The van der Waals surface area contributed by atoms with E-state index in [-0.39, 0.29) is 5.69 Å². The summed E-state index contributed by atoms with van der Waals surface area (Å²) in [6, 6.07) is 0. The first-order chi connectivity index (χ1) is 6.29. The van der Waals surface area contributed by atoms with E-state index in [0.29, 0.717) is 5.88 Å². The van der Waals surface area contributed by atoms with Crippen LogP contribution >= 0.6 is 11.6 Å². The first-order valence-electron chi connectivity index (χ1n) is 4.61. The lowest BCUT2D eigenvalue weighted by atomic mass is 10.3. The topological polar surface area (TPSA) is 26.9 Å². The van der Waals surface area contributed by atoms with Crippen LogP contribution in [-0.2, 0) is 13.1 Å². The van der Waals surface area contributed by atoms with Crippen LogP contribution in [0.4, 0.5) is 0 Å². The molecule has 0 N–H and O–H groups in total. The highest BCUT2D eigenvalue weighted by Gasteiger charge is 1.99. The van der Waals surface area contributed by atoms with Gasteiger partial charge in [0.1, 0.15) is 0 Å². The van der Waals surface area contributed by atoms with Gasteiger partial charge in [0.25, 0.3) is 0 Å². The van der Waals surface area contributed by atoms with E-state index in [1.807, 2.05) is 19.3 Å². The summed E-state index contributed by atoms with van der Waals surface area (Å²) < 4.78 is 3.43. The zero-order chi connectivity index (χ0) is 9.68. The van der Waals surface area contributed by atoms with Crippen molar-refractivity contribution in [3.63, 3.8) is 0 Å². The molecule has 13 heavy (non-hydrogen) atoms. The maximum absolute atomic E-state index is 11.5. The molecule has 0 fully saturated rings. The smallest absolute Gasteiger partial charge is 0.300 e. The van der Waals surface area contributed by atoms with Crippen molar-refractivity contribution < 1.29 is 0 Å². The molecule has 1 aromatic heterocycles. The molecular formula is C9H15ClN2O. The molecule has 0 aliphatic rings. The van der Waals surface area contributed by atoms with Crippen LogP contribution < -0.4 is 5.69 Å². The Morgan fingerprint density at radius 2 is 2.00 bits per heavy atom. The molecule has 0 radical (unpaired) electrons. The molecule has 0 amide bonds. The maximum atomic E-state index is 11.5. The third-order valence-electron chi connectivity index (χ3n) is 2.04. The lowest BCUT2D eigenvalue weighted by Gasteiger charge is -1.99. The fraction of sp³-hybridized carbons (Fsp3) is 0.667. The van der Waals surface area contributed by atoms with Crippen molar-refractivity contribution >= 4 is 11.6 Å². The van der Waals surface area contributed by atoms with Gasteiger partial charge in [0.05, 0.1) is 0 Å². The van der Waals surface area contributed by atoms with E-state index < -0.39 is 0 Å². The van der Waals surface area contributed by atoms with Crippen LogP contribution in [-0.4, -0.2) is 15.0 Å². The predicted octanol–water partition coefficient (Wildman–Crippen LogP) is 1.69. The van der Waals surface area contributed by atoms with Gasteiger partial charge < -0.3 is 0 Å². The minimum atomic E-state index is 0.0806. The maximum Gasteiger partial charge on any atom is 0.328 e. The van der Waals surface area contributed by atoms with Gasteiger partial charge >= 0.3 is 5.69 Å². The van der Waals surface area contributed by atoms with E-state index in [0.717, 1.165) is 25.9 Å². The summed E-state index contributed by atoms with van der Waals surface area (Å²) >= 11 is 5.55. The molecule has 0 saturated heterocycles. The predicted molar refractivity (Wildman–Crippen MR) is 54.3 cm³/mol. The Labute approximate surface area is 82.9 Å². The van der Waals surface area contributed by atoms with Crippen LogP contribution in [0.25, 0.3) is 0 Å². The van der Waals surface area contributed by atoms with E-state index >= 15 is 0 Å². The number of imidazole rings is 1. The van der Waals surface area contributed by atoms with Crippen LogP contribution in [0, 0.1) is 0 Å². The molecule has 0 unspecified atom stereocenters. The van der Waals surface area contributed by atoms with Crippen LogP contribution in [0.5, 0.6) is 0 Å². The first-order valence-corrected chi connectivity index (χ1v) is 5.14. The first kappa shape index (κ1) is 10.4. The van der Waals surface area contributed by atoms with E-state index in [9.17, 15) is 4.79 Å². The lowest BCUT2D eigenvalue weighted by molar-refractivity contribution is 0.591. The standard InChI is InChI=1S/C9H15ClN2O/c1-2-11-7-8-12(9(11)13)6-4-3-5-10/h7-8H,2-6H2,1H3. The Morgan fingerprint density at radius 3 is 2.54 bits per heavy atom. The molecule has 1 heterocycles. The molecule has 1 aromatic rings. The molecule has 0 aliphatic carbocycles. The Kier molecular flexibility index (Phi) is 4.09. The van der Waals surface area contributed by atoms with Gasteiger partial charge in [-0.2, -0.15) is 0 Å². The Morgan fingerprint density at radius 1 is 1.31 bits per heavy atom. The molecule has 0 bridgehead atoms. The van der Waals surface area contributed by atoms with Crippen LogP contribution in [0.3, 0.4) is 0 Å². The van der Waals surface area contributed by atoms with Crippen molar-refractivity contribution in [1.29, 1.82) is 0 Å². The molecule has 4 heteroatoms. The van der Waals surface area contributed by atoms with Crippen molar-refractivity contribution in [3.05, 3.63) is 22.9 Å². The van der Waals surface area contributed by atoms with Gasteiger partial charge in [-0.3, -0.25) is 9.13 Å². The van der Waals surface area contributed by atoms with Gasteiger partial charge in [0.15, 0.2) is 0 Å². The quantitative estimate of drug-likeness (QED) is 0.527. The number of hydrogen-bond acceptors (Lipinski definition) is 1. The number of unbranched alkanes of at least 4 members (excludes halogenated alkanes) is 1. The molecule has 0 spiro atoms. The van der Waals surface area contributed by atoms with E-state index in [4.69, 9.17) is 11.6 Å². The summed E-state index contributed by atoms with van der Waals surface area (Å²) in [6.07, 6.45) is 5.59. The number of rotatable bonds is 5. The van der Waals surface area contributed by atoms with Crippen molar-refractivity contribution in [2.24, 2.45) is 0 Å². The second-order valence-corrected chi connectivity index (χ2v) is 3.33. The van der Waals surface area contributed by atoms with E-state index in [1.54, 1.807) is 9.13 Å². The van der Waals surface area contributed by atoms with Crippen LogP contribution in [0.2, 0.25) is 0 Å². The van der Waals surface area contributed by atoms with Gasteiger partial charge in [-0.25, -0.2) is 4.79 Å². The van der Waals surface area contributed by atoms with Crippen molar-refractivity contribution in [2.75, 3.05) is 5.88 Å². The number of halogens is 1. The summed E-state index contributed by atoms with van der Waals surface area (Å²) in [5.41, 5.74) is 0.0806. The molecule has 74 valence electrons. The molecule has 0 atom stereocenters. The third-order valence-corrected chi connectivity index (χ3v) is 2.31. The molecule has 3 nitrogen and oxygen atoms in total. The average Bonchev–Trinajstić information content (AvgIpc) is 2.48. The van der Waals surface area contributed by atoms with Crippen molar-refractivity contribution in [3.8, 4) is 0 Å². The number of alkyl halides is 1. The number of aryl methyl sites for hydroxylation is 2. The highest BCUT2D eigenvalue weighted by atomic mass is 35.5. The van der Waals surface area contributed by atoms with Crippen molar-refractivity contribution in [1.82, 2.24) is 9.13 Å². The SMILES string of the molecule is CCn1ccn(CCCCCl)c1=O. The summed E-state index contributed by atoms with van der Waals surface area (Å²) in [7, 11) is 0.